The van der Waals surface area contributed by atoms with Crippen LogP contribution in [0.3, 0.4) is 0 Å². The van der Waals surface area contributed by atoms with Crippen LogP contribution in [0.1, 0.15) is 13.8 Å². The van der Waals surface area contributed by atoms with Crippen molar-refractivity contribution in [1.29, 1.82) is 0 Å². The van der Waals surface area contributed by atoms with Gasteiger partial charge in [-0.05, 0) is 36.4 Å². The van der Waals surface area contributed by atoms with E-state index in [0.717, 1.165) is 22.6 Å². The number of nitrogens with one attached hydrogen (secondary N) is 1. The van der Waals surface area contributed by atoms with Crippen molar-refractivity contribution < 1.29 is 0 Å². The molecule has 0 radical (unpaired) electrons. The molecule has 1 fully saturated rings. The van der Waals surface area contributed by atoms with Crippen molar-refractivity contribution in [2.75, 3.05) is 18.4 Å². The molecule has 82 valence electrons. The molecule has 0 amide bonds. The highest BCUT2D eigenvalue weighted by atomic mass is 127. The van der Waals surface area contributed by atoms with Crippen molar-refractivity contribution >= 4 is 28.5 Å². The summed E-state index contributed by atoms with van der Waals surface area (Å²) in [5.74, 6) is 0.740. The number of hydrogen-bond donors (Lipinski definition) is 1. The van der Waals surface area contributed by atoms with E-state index < -0.39 is 0 Å². The molecule has 2 rings (SSSR count). The van der Waals surface area contributed by atoms with Crippen LogP contribution in [0, 0.1) is 3.57 Å². The molecule has 1 saturated heterocycles. The maximum atomic E-state index is 4.22. The molecule has 1 aromatic heterocycles. The van der Waals surface area contributed by atoms with Crippen LogP contribution in [-0.2, 0) is 0 Å². The predicted octanol–water partition coefficient (Wildman–Crippen LogP) is 1.59. The summed E-state index contributed by atoms with van der Waals surface area (Å²) >= 11 is 2.20. The van der Waals surface area contributed by atoms with Gasteiger partial charge in [-0.3, -0.25) is 4.90 Å². The summed E-state index contributed by atoms with van der Waals surface area (Å²) in [5, 5.41) is 3.32. The standard InChI is InChI=1S/C10H15IN4/c1-7(2)15-5-9(6-15)14-10-12-3-8(11)4-13-10/h3-4,7,9H,5-6H2,1-2H3,(H,12,13,14). The average molecular weight is 318 g/mol. The fraction of sp³-hybridized carbons (Fsp3) is 0.600. The van der Waals surface area contributed by atoms with Gasteiger partial charge in [0, 0.05) is 35.1 Å². The lowest BCUT2D eigenvalue weighted by Crippen LogP contribution is -2.57. The van der Waals surface area contributed by atoms with Crippen LogP contribution in [0.4, 0.5) is 5.95 Å². The summed E-state index contributed by atoms with van der Waals surface area (Å²) in [7, 11) is 0. The Kier molecular flexibility index (Phi) is 3.40. The first-order valence-corrected chi connectivity index (χ1v) is 6.21. The van der Waals surface area contributed by atoms with Gasteiger partial charge in [0.25, 0.3) is 0 Å². The largest absolute Gasteiger partial charge is 0.349 e. The third-order valence-electron chi connectivity index (χ3n) is 2.59. The molecule has 0 aromatic carbocycles. The van der Waals surface area contributed by atoms with Gasteiger partial charge < -0.3 is 5.32 Å². The van der Waals surface area contributed by atoms with Gasteiger partial charge in [0.15, 0.2) is 0 Å². The summed E-state index contributed by atoms with van der Waals surface area (Å²) in [6, 6.07) is 1.15. The van der Waals surface area contributed by atoms with Crippen molar-refractivity contribution in [2.45, 2.75) is 25.9 Å². The van der Waals surface area contributed by atoms with Crippen molar-refractivity contribution in [3.8, 4) is 0 Å². The van der Waals surface area contributed by atoms with Gasteiger partial charge in [-0.15, -0.1) is 0 Å². The molecule has 5 heteroatoms. The smallest absolute Gasteiger partial charge is 0.222 e. The number of anilines is 1. The van der Waals surface area contributed by atoms with Gasteiger partial charge >= 0.3 is 0 Å². The zero-order chi connectivity index (χ0) is 10.8. The minimum atomic E-state index is 0.507. The first-order chi connectivity index (χ1) is 7.15. The van der Waals surface area contributed by atoms with Crippen molar-refractivity contribution in [3.63, 3.8) is 0 Å². The average Bonchev–Trinajstić information content (AvgIpc) is 2.13. The lowest BCUT2D eigenvalue weighted by molar-refractivity contribution is 0.121. The Labute approximate surface area is 104 Å². The Morgan fingerprint density at radius 3 is 2.53 bits per heavy atom. The highest BCUT2D eigenvalue weighted by molar-refractivity contribution is 14.1. The number of hydrogen-bond acceptors (Lipinski definition) is 4. The van der Waals surface area contributed by atoms with Crippen molar-refractivity contribution in [1.82, 2.24) is 14.9 Å². The molecular weight excluding hydrogens is 303 g/mol. The summed E-state index contributed by atoms with van der Waals surface area (Å²) in [5.41, 5.74) is 0. The molecule has 15 heavy (non-hydrogen) atoms. The number of nitrogens with zero attached hydrogens (tertiary/aromatic N) is 3. The minimum Gasteiger partial charge on any atom is -0.349 e. The fourth-order valence-corrected chi connectivity index (χ4v) is 1.87. The molecular formula is C10H15IN4. The van der Waals surface area contributed by atoms with Gasteiger partial charge in [-0.1, -0.05) is 0 Å². The summed E-state index contributed by atoms with van der Waals surface area (Å²) in [6.07, 6.45) is 3.66. The molecule has 0 unspecified atom stereocenters. The third kappa shape index (κ3) is 2.78. The zero-order valence-corrected chi connectivity index (χ0v) is 11.1. The highest BCUT2D eigenvalue weighted by Gasteiger charge is 2.28. The normalized spacial score (nSPS) is 17.9. The molecule has 0 atom stereocenters. The van der Waals surface area contributed by atoms with Crippen molar-refractivity contribution in [2.24, 2.45) is 0 Å². The SMILES string of the molecule is CC(C)N1CC(Nc2ncc(I)cn2)C1. The molecule has 1 aliphatic heterocycles. The Hall–Kier alpha value is -0.430. The van der Waals surface area contributed by atoms with E-state index in [1.807, 2.05) is 12.4 Å². The first-order valence-electron chi connectivity index (χ1n) is 5.13. The number of rotatable bonds is 3. The van der Waals surface area contributed by atoms with Crippen LogP contribution in [0.5, 0.6) is 0 Å². The molecule has 1 aliphatic rings. The van der Waals surface area contributed by atoms with E-state index in [2.05, 4.69) is 56.6 Å². The lowest BCUT2D eigenvalue weighted by atomic mass is 10.1. The number of halogens is 1. The van der Waals surface area contributed by atoms with E-state index in [1.165, 1.54) is 0 Å². The van der Waals surface area contributed by atoms with E-state index in [4.69, 9.17) is 0 Å². The van der Waals surface area contributed by atoms with Crippen LogP contribution in [0.2, 0.25) is 0 Å². The quantitative estimate of drug-likeness (QED) is 0.860. The van der Waals surface area contributed by atoms with Gasteiger partial charge in [-0.2, -0.15) is 0 Å². The summed E-state index contributed by atoms with van der Waals surface area (Å²) < 4.78 is 1.07. The van der Waals surface area contributed by atoms with Crippen LogP contribution in [0.25, 0.3) is 0 Å². The van der Waals surface area contributed by atoms with Gasteiger partial charge in [0.05, 0.1) is 6.04 Å². The van der Waals surface area contributed by atoms with Crippen LogP contribution >= 0.6 is 22.6 Å². The molecule has 1 N–H and O–H groups in total. The molecule has 0 aliphatic carbocycles. The molecule has 2 heterocycles. The Morgan fingerprint density at radius 1 is 1.40 bits per heavy atom. The van der Waals surface area contributed by atoms with Crippen molar-refractivity contribution in [3.05, 3.63) is 16.0 Å². The fourth-order valence-electron chi connectivity index (χ4n) is 1.59. The molecule has 0 saturated carbocycles. The minimum absolute atomic E-state index is 0.507. The predicted molar refractivity (Wildman–Crippen MR) is 68.9 cm³/mol. The van der Waals surface area contributed by atoms with E-state index in [9.17, 15) is 0 Å². The Balaban J connectivity index is 1.82. The van der Waals surface area contributed by atoms with E-state index in [1.54, 1.807) is 0 Å². The molecule has 0 bridgehead atoms. The van der Waals surface area contributed by atoms with E-state index in [0.29, 0.717) is 12.1 Å². The lowest BCUT2D eigenvalue weighted by Gasteiger charge is -2.42. The Morgan fingerprint density at radius 2 is 2.00 bits per heavy atom. The van der Waals surface area contributed by atoms with E-state index in [-0.39, 0.29) is 0 Å². The summed E-state index contributed by atoms with van der Waals surface area (Å²) in [4.78, 5) is 10.9. The first kappa shape index (κ1) is 11.1. The van der Waals surface area contributed by atoms with Crippen LogP contribution < -0.4 is 5.32 Å². The van der Waals surface area contributed by atoms with Gasteiger partial charge in [-0.25, -0.2) is 9.97 Å². The molecule has 1 aromatic rings. The second-order valence-corrected chi connectivity index (χ2v) is 5.36. The number of likely N-dealkylation sites (tertiary alicyclic amines) is 1. The van der Waals surface area contributed by atoms with Crippen LogP contribution in [-0.4, -0.2) is 40.0 Å². The zero-order valence-electron chi connectivity index (χ0n) is 8.94. The second kappa shape index (κ2) is 4.61. The van der Waals surface area contributed by atoms with Crippen LogP contribution in [0.15, 0.2) is 12.4 Å². The molecule has 4 nitrogen and oxygen atoms in total. The maximum Gasteiger partial charge on any atom is 0.222 e. The maximum absolute atomic E-state index is 4.22. The third-order valence-corrected chi connectivity index (χ3v) is 3.15. The van der Waals surface area contributed by atoms with E-state index >= 15 is 0 Å². The summed E-state index contributed by atoms with van der Waals surface area (Å²) in [6.45, 7) is 6.62. The highest BCUT2D eigenvalue weighted by Crippen LogP contribution is 2.15. The van der Waals surface area contributed by atoms with Gasteiger partial charge in [0.2, 0.25) is 5.95 Å². The topological polar surface area (TPSA) is 41.0 Å². The monoisotopic (exact) mass is 318 g/mol. The van der Waals surface area contributed by atoms with Gasteiger partial charge in [0.1, 0.15) is 0 Å². The number of aromatic nitrogens is 2. The Bertz CT molecular complexity index is 319. The molecule has 0 spiro atoms. The second-order valence-electron chi connectivity index (χ2n) is 4.11.